The van der Waals surface area contributed by atoms with Crippen molar-refractivity contribution in [3.8, 4) is 0 Å². The zero-order chi connectivity index (χ0) is 12.5. The molecule has 0 saturated heterocycles. The van der Waals surface area contributed by atoms with Crippen LogP contribution in [0.25, 0.3) is 0 Å². The lowest BCUT2D eigenvalue weighted by atomic mass is 10.2. The van der Waals surface area contributed by atoms with Crippen molar-refractivity contribution >= 4 is 0 Å². The highest BCUT2D eigenvalue weighted by atomic mass is 19.4. The van der Waals surface area contributed by atoms with E-state index in [1.807, 2.05) is 0 Å². The van der Waals surface area contributed by atoms with E-state index >= 15 is 0 Å². The lowest BCUT2D eigenvalue weighted by molar-refractivity contribution is -0.143. The van der Waals surface area contributed by atoms with E-state index in [-0.39, 0.29) is 0 Å². The highest BCUT2D eigenvalue weighted by Gasteiger charge is 2.32. The predicted molar refractivity (Wildman–Crippen MR) is 55.3 cm³/mol. The molecule has 4 nitrogen and oxygen atoms in total. The first kappa shape index (κ1) is 12.3. The van der Waals surface area contributed by atoms with E-state index in [0.29, 0.717) is 30.3 Å². The molecule has 0 bridgehead atoms. The van der Waals surface area contributed by atoms with E-state index in [4.69, 9.17) is 0 Å². The third-order valence-corrected chi connectivity index (χ3v) is 2.77. The van der Waals surface area contributed by atoms with Crippen LogP contribution in [0.1, 0.15) is 24.2 Å². The van der Waals surface area contributed by atoms with Gasteiger partial charge in [0.2, 0.25) is 0 Å². The topological polar surface area (TPSA) is 42.7 Å². The molecule has 1 fully saturated rings. The third kappa shape index (κ3) is 3.42. The molecule has 0 amide bonds. The van der Waals surface area contributed by atoms with Crippen LogP contribution in [-0.4, -0.2) is 28.2 Å². The van der Waals surface area contributed by atoms with Gasteiger partial charge in [-0.1, -0.05) is 5.21 Å². The Balaban J connectivity index is 2.17. The summed E-state index contributed by atoms with van der Waals surface area (Å²) in [7, 11) is 1.74. The maximum atomic E-state index is 12.4. The van der Waals surface area contributed by atoms with Crippen molar-refractivity contribution < 1.29 is 13.2 Å². The van der Waals surface area contributed by atoms with Crippen molar-refractivity contribution in [1.82, 2.24) is 20.3 Å². The molecule has 7 heteroatoms. The lowest BCUT2D eigenvalue weighted by Crippen LogP contribution is -2.21. The van der Waals surface area contributed by atoms with Gasteiger partial charge in [-0.25, -0.2) is 4.68 Å². The third-order valence-electron chi connectivity index (χ3n) is 2.77. The summed E-state index contributed by atoms with van der Waals surface area (Å²) in [5.41, 5.74) is 1.25. The van der Waals surface area contributed by atoms with E-state index in [2.05, 4.69) is 15.6 Å². The quantitative estimate of drug-likeness (QED) is 0.859. The first-order valence-electron chi connectivity index (χ1n) is 5.62. The molecule has 1 aromatic heterocycles. The second kappa shape index (κ2) is 4.64. The Morgan fingerprint density at radius 1 is 1.41 bits per heavy atom. The smallest absolute Gasteiger partial charge is 0.314 e. The molecule has 96 valence electrons. The maximum Gasteiger partial charge on any atom is 0.408 e. The number of hydrogen-bond donors (Lipinski definition) is 1. The van der Waals surface area contributed by atoms with Crippen LogP contribution in [0, 0.1) is 5.92 Å². The highest BCUT2D eigenvalue weighted by molar-refractivity contribution is 5.12. The van der Waals surface area contributed by atoms with Crippen molar-refractivity contribution in [3.05, 3.63) is 11.4 Å². The van der Waals surface area contributed by atoms with Gasteiger partial charge in [0.15, 0.2) is 0 Å². The summed E-state index contributed by atoms with van der Waals surface area (Å²) >= 11 is 0. The van der Waals surface area contributed by atoms with Crippen LogP contribution in [-0.2, 0) is 19.5 Å². The molecule has 0 radical (unpaired) electrons. The van der Waals surface area contributed by atoms with Gasteiger partial charge in [-0.15, -0.1) is 5.10 Å². The second-order valence-electron chi connectivity index (χ2n) is 4.43. The van der Waals surface area contributed by atoms with Gasteiger partial charge in [-0.05, 0) is 32.2 Å². The molecule has 0 unspecified atom stereocenters. The summed E-state index contributed by atoms with van der Waals surface area (Å²) in [6.07, 6.45) is -1.41. The highest BCUT2D eigenvalue weighted by Crippen LogP contribution is 2.33. The average Bonchev–Trinajstić information content (AvgIpc) is 2.95. The Morgan fingerprint density at radius 2 is 2.12 bits per heavy atom. The fourth-order valence-electron chi connectivity index (χ4n) is 1.79. The standard InChI is InChI=1S/C10H15F3N4/c1-14-5-8-9(4-7-2-3-7)17(16-15-8)6-10(11,12)13/h7,14H,2-6H2,1H3. The Hall–Kier alpha value is -1.11. The minimum atomic E-state index is -4.25. The molecule has 0 spiro atoms. The van der Waals surface area contributed by atoms with Gasteiger partial charge in [0.05, 0.1) is 11.4 Å². The van der Waals surface area contributed by atoms with Crippen LogP contribution in [0.15, 0.2) is 0 Å². The van der Waals surface area contributed by atoms with Crippen LogP contribution in [0.3, 0.4) is 0 Å². The Bertz CT molecular complexity index is 381. The van der Waals surface area contributed by atoms with Crippen LogP contribution in [0.4, 0.5) is 13.2 Å². The van der Waals surface area contributed by atoms with Gasteiger partial charge in [-0.3, -0.25) is 0 Å². The number of rotatable bonds is 5. The van der Waals surface area contributed by atoms with Crippen molar-refractivity contribution in [2.45, 2.75) is 38.5 Å². The van der Waals surface area contributed by atoms with E-state index in [1.54, 1.807) is 7.05 Å². The van der Waals surface area contributed by atoms with Gasteiger partial charge in [-0.2, -0.15) is 13.2 Å². The largest absolute Gasteiger partial charge is 0.408 e. The number of nitrogens with zero attached hydrogens (tertiary/aromatic N) is 3. The van der Waals surface area contributed by atoms with Crippen LogP contribution in [0.5, 0.6) is 0 Å². The SMILES string of the molecule is CNCc1nnn(CC(F)(F)F)c1CC1CC1. The minimum Gasteiger partial charge on any atom is -0.314 e. The molecule has 1 aliphatic carbocycles. The van der Waals surface area contributed by atoms with Crippen molar-refractivity contribution in [2.24, 2.45) is 5.92 Å². The van der Waals surface area contributed by atoms with E-state index in [0.717, 1.165) is 17.5 Å². The first-order chi connectivity index (χ1) is 7.99. The summed E-state index contributed by atoms with van der Waals surface area (Å²) in [4.78, 5) is 0. The van der Waals surface area contributed by atoms with Gasteiger partial charge < -0.3 is 5.32 Å². The maximum absolute atomic E-state index is 12.4. The number of halogens is 3. The van der Waals surface area contributed by atoms with E-state index < -0.39 is 12.7 Å². The molecule has 1 saturated carbocycles. The van der Waals surface area contributed by atoms with Crippen LogP contribution < -0.4 is 5.32 Å². The number of aromatic nitrogens is 3. The lowest BCUT2D eigenvalue weighted by Gasteiger charge is -2.10. The molecule has 0 aromatic carbocycles. The molecule has 1 heterocycles. The van der Waals surface area contributed by atoms with Crippen molar-refractivity contribution in [1.29, 1.82) is 0 Å². The van der Waals surface area contributed by atoms with Crippen molar-refractivity contribution in [2.75, 3.05) is 7.05 Å². The fraction of sp³-hybridized carbons (Fsp3) is 0.800. The number of nitrogens with one attached hydrogen (secondary N) is 1. The molecule has 1 N–H and O–H groups in total. The summed E-state index contributed by atoms with van der Waals surface area (Å²) in [6, 6.07) is 0. The Labute approximate surface area is 97.2 Å². The second-order valence-corrected chi connectivity index (χ2v) is 4.43. The fourth-order valence-corrected chi connectivity index (χ4v) is 1.79. The zero-order valence-electron chi connectivity index (χ0n) is 9.59. The van der Waals surface area contributed by atoms with Crippen LogP contribution in [0.2, 0.25) is 0 Å². The summed E-state index contributed by atoms with van der Waals surface area (Å²) in [6.45, 7) is -0.592. The van der Waals surface area contributed by atoms with Crippen LogP contribution >= 0.6 is 0 Å². The Morgan fingerprint density at radius 3 is 2.65 bits per heavy atom. The summed E-state index contributed by atoms with van der Waals surface area (Å²) in [5.74, 6) is 0.510. The normalized spacial score (nSPS) is 16.5. The zero-order valence-corrected chi connectivity index (χ0v) is 9.59. The summed E-state index contributed by atoms with van der Waals surface area (Å²) in [5, 5.41) is 10.3. The molecule has 0 aliphatic heterocycles. The molecular weight excluding hydrogens is 233 g/mol. The molecule has 17 heavy (non-hydrogen) atoms. The molecular formula is C10H15F3N4. The molecule has 1 aliphatic rings. The minimum absolute atomic E-state index is 0.458. The van der Waals surface area contributed by atoms with Gasteiger partial charge >= 0.3 is 6.18 Å². The first-order valence-corrected chi connectivity index (χ1v) is 5.62. The average molecular weight is 248 g/mol. The van der Waals surface area contributed by atoms with E-state index in [1.165, 1.54) is 0 Å². The van der Waals surface area contributed by atoms with Crippen molar-refractivity contribution in [3.63, 3.8) is 0 Å². The Kier molecular flexibility index (Phi) is 3.37. The number of alkyl halides is 3. The molecule has 0 atom stereocenters. The van der Waals surface area contributed by atoms with Gasteiger partial charge in [0, 0.05) is 6.54 Å². The summed E-state index contributed by atoms with van der Waals surface area (Å²) < 4.78 is 38.1. The number of hydrogen-bond acceptors (Lipinski definition) is 3. The monoisotopic (exact) mass is 248 g/mol. The van der Waals surface area contributed by atoms with Gasteiger partial charge in [0.25, 0.3) is 0 Å². The molecule has 2 rings (SSSR count). The van der Waals surface area contributed by atoms with E-state index in [9.17, 15) is 13.2 Å². The molecule has 1 aromatic rings. The van der Waals surface area contributed by atoms with Gasteiger partial charge in [0.1, 0.15) is 6.54 Å². The predicted octanol–water partition coefficient (Wildman–Crippen LogP) is 1.51.